The van der Waals surface area contributed by atoms with Gasteiger partial charge < -0.3 is 19.5 Å². The molecule has 0 spiro atoms. The van der Waals surface area contributed by atoms with E-state index in [2.05, 4.69) is 26.0 Å². The third kappa shape index (κ3) is 6.09. The smallest absolute Gasteiger partial charge is 0.387 e. The number of alkyl halides is 2. The molecule has 1 amide bonds. The summed E-state index contributed by atoms with van der Waals surface area (Å²) in [5.41, 5.74) is 0.786. The summed E-state index contributed by atoms with van der Waals surface area (Å²) in [5.74, 6) is 0.145. The minimum Gasteiger partial charge on any atom is -0.490 e. The van der Waals surface area contributed by atoms with Crippen molar-refractivity contribution in [2.75, 3.05) is 13.2 Å². The van der Waals surface area contributed by atoms with Gasteiger partial charge in [0.25, 0.3) is 5.91 Å². The van der Waals surface area contributed by atoms with Crippen LogP contribution in [0.5, 0.6) is 17.2 Å². The van der Waals surface area contributed by atoms with Crippen LogP contribution in [0.15, 0.2) is 40.9 Å². The van der Waals surface area contributed by atoms with E-state index < -0.39 is 12.5 Å². The molecular weight excluding hydrogens is 438 g/mol. The van der Waals surface area contributed by atoms with Crippen LogP contribution in [0.4, 0.5) is 8.78 Å². The van der Waals surface area contributed by atoms with Crippen molar-refractivity contribution in [1.29, 1.82) is 5.26 Å². The monoisotopic (exact) mass is 454 g/mol. The lowest BCUT2D eigenvalue weighted by molar-refractivity contribution is -0.123. The fourth-order valence-electron chi connectivity index (χ4n) is 2.28. The van der Waals surface area contributed by atoms with Crippen molar-refractivity contribution in [1.82, 2.24) is 5.32 Å². The molecule has 9 heteroatoms. The Morgan fingerprint density at radius 3 is 2.68 bits per heavy atom. The summed E-state index contributed by atoms with van der Waals surface area (Å²) in [6.45, 7) is -1.15. The molecule has 0 aliphatic rings. The van der Waals surface area contributed by atoms with E-state index in [-0.39, 0.29) is 24.7 Å². The number of hydrogen-bond donors (Lipinski definition) is 1. The van der Waals surface area contributed by atoms with Crippen LogP contribution < -0.4 is 19.5 Å². The number of carbonyl (C=O) groups excluding carboxylic acids is 1. The van der Waals surface area contributed by atoms with Crippen molar-refractivity contribution in [3.05, 3.63) is 52.0 Å². The van der Waals surface area contributed by atoms with Crippen molar-refractivity contribution in [3.8, 4) is 23.3 Å². The van der Waals surface area contributed by atoms with Crippen molar-refractivity contribution in [2.24, 2.45) is 0 Å². The van der Waals surface area contributed by atoms with Crippen LogP contribution in [0.25, 0.3) is 0 Å². The fraction of sp³-hybridized carbons (Fsp3) is 0.263. The van der Waals surface area contributed by atoms with E-state index >= 15 is 0 Å². The number of ether oxygens (including phenoxy) is 3. The van der Waals surface area contributed by atoms with Gasteiger partial charge in [-0.3, -0.25) is 4.79 Å². The number of amides is 1. The fourth-order valence-corrected chi connectivity index (χ4v) is 2.84. The van der Waals surface area contributed by atoms with Gasteiger partial charge in [-0.25, -0.2) is 0 Å². The molecule has 0 saturated carbocycles. The van der Waals surface area contributed by atoms with E-state index in [1.165, 1.54) is 12.1 Å². The van der Waals surface area contributed by atoms with Gasteiger partial charge in [-0.05, 0) is 35.0 Å². The molecular formula is C19H17BrF2N2O4. The minimum atomic E-state index is -2.95. The predicted molar refractivity (Wildman–Crippen MR) is 100 cm³/mol. The number of nitrogens with one attached hydrogen (secondary N) is 1. The Morgan fingerprint density at radius 1 is 1.25 bits per heavy atom. The molecule has 0 fully saturated rings. The molecule has 148 valence electrons. The number of benzene rings is 2. The van der Waals surface area contributed by atoms with Crippen LogP contribution in [-0.4, -0.2) is 25.7 Å². The molecule has 6 nitrogen and oxygen atoms in total. The number of nitrogens with zero attached hydrogens (tertiary/aromatic N) is 1. The molecule has 1 N–H and O–H groups in total. The highest BCUT2D eigenvalue weighted by Gasteiger charge is 2.15. The maximum atomic E-state index is 12.4. The first kappa shape index (κ1) is 21.4. The van der Waals surface area contributed by atoms with E-state index in [1.54, 1.807) is 31.2 Å². The van der Waals surface area contributed by atoms with Gasteiger partial charge in [0.15, 0.2) is 18.1 Å². The van der Waals surface area contributed by atoms with E-state index in [4.69, 9.17) is 14.7 Å². The maximum absolute atomic E-state index is 12.4. The molecule has 0 aromatic heterocycles. The lowest BCUT2D eigenvalue weighted by Gasteiger charge is -2.14. The molecule has 0 unspecified atom stereocenters. The number of halogens is 3. The summed E-state index contributed by atoms with van der Waals surface area (Å²) in [4.78, 5) is 12.1. The van der Waals surface area contributed by atoms with Gasteiger partial charge in [0.2, 0.25) is 0 Å². The van der Waals surface area contributed by atoms with Gasteiger partial charge in [0.05, 0.1) is 22.7 Å². The standard InChI is InChI=1S/C19H17BrF2N2O4/c1-2-26-16-8-12(9-23)7-14(20)18(16)27-11-17(25)24-10-13-5-3-4-6-15(13)28-19(21)22/h3-8,19H,2,10-11H2,1H3,(H,24,25). The largest absolute Gasteiger partial charge is 0.490 e. The number of rotatable bonds is 9. The number of carbonyl (C=O) groups is 1. The summed E-state index contributed by atoms with van der Waals surface area (Å²) in [5, 5.41) is 11.6. The van der Waals surface area contributed by atoms with Crippen molar-refractivity contribution >= 4 is 21.8 Å². The summed E-state index contributed by atoms with van der Waals surface area (Å²) in [6.07, 6.45) is 0. The highest BCUT2D eigenvalue weighted by molar-refractivity contribution is 9.10. The highest BCUT2D eigenvalue weighted by Crippen LogP contribution is 2.36. The molecule has 0 bridgehead atoms. The van der Waals surface area contributed by atoms with Crippen molar-refractivity contribution < 1.29 is 27.8 Å². The van der Waals surface area contributed by atoms with Crippen molar-refractivity contribution in [2.45, 2.75) is 20.1 Å². The Hall–Kier alpha value is -2.86. The molecule has 2 rings (SSSR count). The summed E-state index contributed by atoms with van der Waals surface area (Å²) < 4.78 is 40.7. The average Bonchev–Trinajstić information content (AvgIpc) is 2.66. The zero-order valence-electron chi connectivity index (χ0n) is 14.9. The van der Waals surface area contributed by atoms with Gasteiger partial charge in [0, 0.05) is 18.2 Å². The molecule has 0 heterocycles. The van der Waals surface area contributed by atoms with Crippen LogP contribution in [-0.2, 0) is 11.3 Å². The predicted octanol–water partition coefficient (Wildman–Crippen LogP) is 4.02. The van der Waals surface area contributed by atoms with E-state index in [0.717, 1.165) is 0 Å². The average molecular weight is 455 g/mol. The Balaban J connectivity index is 1.99. The highest BCUT2D eigenvalue weighted by atomic mass is 79.9. The van der Waals surface area contributed by atoms with Gasteiger partial charge in [-0.15, -0.1) is 0 Å². The Bertz CT molecular complexity index is 871. The van der Waals surface area contributed by atoms with Crippen LogP contribution in [0.3, 0.4) is 0 Å². The van der Waals surface area contributed by atoms with Gasteiger partial charge in [-0.2, -0.15) is 14.0 Å². The number of hydrogen-bond acceptors (Lipinski definition) is 5. The lowest BCUT2D eigenvalue weighted by Crippen LogP contribution is -2.28. The van der Waals surface area contributed by atoms with Crippen LogP contribution in [0, 0.1) is 11.3 Å². The second-order valence-electron chi connectivity index (χ2n) is 5.38. The summed E-state index contributed by atoms with van der Waals surface area (Å²) >= 11 is 3.29. The lowest BCUT2D eigenvalue weighted by atomic mass is 10.2. The summed E-state index contributed by atoms with van der Waals surface area (Å²) in [7, 11) is 0. The van der Waals surface area contributed by atoms with Crippen LogP contribution >= 0.6 is 15.9 Å². The number of nitriles is 1. The minimum absolute atomic E-state index is 0.00204. The van der Waals surface area contributed by atoms with Crippen LogP contribution in [0.1, 0.15) is 18.1 Å². The molecule has 0 saturated heterocycles. The molecule has 2 aromatic carbocycles. The second kappa shape index (κ2) is 10.5. The molecule has 0 aliphatic carbocycles. The third-order valence-electron chi connectivity index (χ3n) is 3.45. The first-order valence-corrected chi connectivity index (χ1v) is 9.02. The molecule has 28 heavy (non-hydrogen) atoms. The SMILES string of the molecule is CCOc1cc(C#N)cc(Br)c1OCC(=O)NCc1ccccc1OC(F)F. The van der Waals surface area contributed by atoms with E-state index in [9.17, 15) is 13.6 Å². The second-order valence-corrected chi connectivity index (χ2v) is 6.24. The molecule has 0 aliphatic heterocycles. The van der Waals surface area contributed by atoms with Crippen molar-refractivity contribution in [3.63, 3.8) is 0 Å². The van der Waals surface area contributed by atoms with E-state index in [0.29, 0.717) is 28.0 Å². The Kier molecular flexibility index (Phi) is 8.02. The quantitative estimate of drug-likeness (QED) is 0.618. The number of para-hydroxylation sites is 1. The first-order valence-electron chi connectivity index (χ1n) is 8.23. The van der Waals surface area contributed by atoms with Gasteiger partial charge in [-0.1, -0.05) is 18.2 Å². The van der Waals surface area contributed by atoms with Gasteiger partial charge in [0.1, 0.15) is 5.75 Å². The first-order chi connectivity index (χ1) is 13.4. The topological polar surface area (TPSA) is 80.6 Å². The maximum Gasteiger partial charge on any atom is 0.387 e. The Morgan fingerprint density at radius 2 is 2.00 bits per heavy atom. The summed E-state index contributed by atoms with van der Waals surface area (Å²) in [6, 6.07) is 11.2. The Labute approximate surface area is 169 Å². The third-order valence-corrected chi connectivity index (χ3v) is 4.04. The zero-order chi connectivity index (χ0) is 20.5. The molecule has 2 aromatic rings. The molecule has 0 radical (unpaired) electrons. The van der Waals surface area contributed by atoms with E-state index in [1.807, 2.05) is 6.07 Å². The normalized spacial score (nSPS) is 10.3. The molecule has 0 atom stereocenters. The zero-order valence-corrected chi connectivity index (χ0v) is 16.5. The van der Waals surface area contributed by atoms with Gasteiger partial charge >= 0.3 is 6.61 Å². The van der Waals surface area contributed by atoms with Crippen LogP contribution in [0.2, 0.25) is 0 Å².